The van der Waals surface area contributed by atoms with Crippen molar-refractivity contribution in [3.63, 3.8) is 0 Å². The highest BCUT2D eigenvalue weighted by atomic mass is 19.4. The maximum absolute atomic E-state index is 13.1. The highest BCUT2D eigenvalue weighted by Gasteiger charge is 2.37. The Kier molecular flexibility index (Phi) is 9.36. The molecule has 0 unspecified atom stereocenters. The van der Waals surface area contributed by atoms with Crippen molar-refractivity contribution >= 4 is 17.0 Å². The maximum atomic E-state index is 13.1. The SMILES string of the molecule is C=C(/C=C\C=C(/C)F)CN(C)c1ncnc2c1ncn2[C@H]1CC[C@@H](COCc2cc(C(F)(F)F)cc(C(F)(F)F)c2)O1. The number of benzene rings is 1. The van der Waals surface area contributed by atoms with Gasteiger partial charge in [-0.3, -0.25) is 4.57 Å². The average Bonchev–Trinajstić information content (AvgIpc) is 3.54. The number of fused-ring (bicyclic) bond motifs is 1. The zero-order chi connectivity index (χ0) is 30.7. The Morgan fingerprint density at radius 3 is 2.43 bits per heavy atom. The van der Waals surface area contributed by atoms with Gasteiger partial charge in [0.2, 0.25) is 0 Å². The minimum absolute atomic E-state index is 0.0313. The van der Waals surface area contributed by atoms with Gasteiger partial charge < -0.3 is 14.4 Å². The Bertz CT molecular complexity index is 1440. The van der Waals surface area contributed by atoms with Crippen LogP contribution in [0.4, 0.5) is 36.6 Å². The Labute approximate surface area is 237 Å². The first-order chi connectivity index (χ1) is 19.7. The van der Waals surface area contributed by atoms with E-state index in [9.17, 15) is 30.7 Å². The highest BCUT2D eigenvalue weighted by Crippen LogP contribution is 2.37. The van der Waals surface area contributed by atoms with Gasteiger partial charge in [-0.2, -0.15) is 26.3 Å². The molecule has 1 aliphatic rings. The fraction of sp³-hybridized carbons (Fsp3) is 0.393. The number of imidazole rings is 1. The van der Waals surface area contributed by atoms with E-state index in [2.05, 4.69) is 21.5 Å². The van der Waals surface area contributed by atoms with Crippen molar-refractivity contribution in [2.24, 2.45) is 0 Å². The fourth-order valence-corrected chi connectivity index (χ4v) is 4.50. The summed E-state index contributed by atoms with van der Waals surface area (Å²) < 4.78 is 105. The number of anilines is 1. The normalized spacial score (nSPS) is 18.4. The molecule has 1 aromatic carbocycles. The second kappa shape index (κ2) is 12.6. The summed E-state index contributed by atoms with van der Waals surface area (Å²) in [7, 11) is 1.80. The molecule has 1 fully saturated rings. The van der Waals surface area contributed by atoms with Gasteiger partial charge in [0, 0.05) is 13.6 Å². The molecule has 226 valence electrons. The second-order valence-corrected chi connectivity index (χ2v) is 9.87. The first kappa shape index (κ1) is 31.2. The van der Waals surface area contributed by atoms with Crippen LogP contribution in [-0.2, 0) is 28.4 Å². The molecule has 1 saturated heterocycles. The van der Waals surface area contributed by atoms with E-state index in [1.54, 1.807) is 30.1 Å². The van der Waals surface area contributed by atoms with Gasteiger partial charge in [-0.25, -0.2) is 19.3 Å². The molecule has 2 atom stereocenters. The van der Waals surface area contributed by atoms with Gasteiger partial charge in [0.15, 0.2) is 17.0 Å². The predicted octanol–water partition coefficient (Wildman–Crippen LogP) is 7.18. The number of alkyl halides is 6. The van der Waals surface area contributed by atoms with E-state index in [0.717, 1.165) is 0 Å². The summed E-state index contributed by atoms with van der Waals surface area (Å²) in [6.07, 6.45) is -2.14. The molecule has 3 aromatic rings. The number of hydrogen-bond acceptors (Lipinski definition) is 6. The van der Waals surface area contributed by atoms with Crippen LogP contribution >= 0.6 is 0 Å². The van der Waals surface area contributed by atoms with E-state index in [4.69, 9.17) is 9.47 Å². The Morgan fingerprint density at radius 1 is 1.10 bits per heavy atom. The van der Waals surface area contributed by atoms with Crippen LogP contribution in [0.1, 0.15) is 42.7 Å². The molecule has 3 heterocycles. The van der Waals surface area contributed by atoms with E-state index >= 15 is 0 Å². The Hall–Kier alpha value is -3.78. The van der Waals surface area contributed by atoms with Crippen LogP contribution in [0.2, 0.25) is 0 Å². The van der Waals surface area contributed by atoms with Gasteiger partial charge in [0.1, 0.15) is 12.6 Å². The second-order valence-electron chi connectivity index (χ2n) is 9.87. The number of hydrogen-bond donors (Lipinski definition) is 0. The van der Waals surface area contributed by atoms with Crippen molar-refractivity contribution in [3.8, 4) is 0 Å². The molecule has 4 rings (SSSR count). The topological polar surface area (TPSA) is 65.3 Å². The summed E-state index contributed by atoms with van der Waals surface area (Å²) >= 11 is 0. The number of halogens is 7. The van der Waals surface area contributed by atoms with Crippen LogP contribution in [0.3, 0.4) is 0 Å². The lowest BCUT2D eigenvalue weighted by Gasteiger charge is -2.19. The molecule has 0 aliphatic carbocycles. The summed E-state index contributed by atoms with van der Waals surface area (Å²) in [6, 6.07) is 1.37. The van der Waals surface area contributed by atoms with Crippen LogP contribution in [0.25, 0.3) is 11.2 Å². The number of aromatic nitrogens is 4. The number of nitrogens with zero attached hydrogens (tertiary/aromatic N) is 5. The molecular weight excluding hydrogens is 571 g/mol. The number of rotatable bonds is 10. The first-order valence-corrected chi connectivity index (χ1v) is 12.8. The minimum Gasteiger partial charge on any atom is -0.374 e. The summed E-state index contributed by atoms with van der Waals surface area (Å²) in [5, 5.41) is 0. The number of likely N-dealkylation sites (N-methyl/N-ethyl adjacent to an activating group) is 1. The van der Waals surface area contributed by atoms with Crippen LogP contribution < -0.4 is 4.90 Å². The van der Waals surface area contributed by atoms with Crippen LogP contribution in [0.5, 0.6) is 0 Å². The molecule has 7 nitrogen and oxygen atoms in total. The molecule has 0 bridgehead atoms. The lowest BCUT2D eigenvalue weighted by molar-refractivity contribution is -0.143. The van der Waals surface area contributed by atoms with E-state index in [1.807, 2.05) is 4.90 Å². The molecule has 1 aliphatic heterocycles. The van der Waals surface area contributed by atoms with Crippen LogP contribution in [-0.4, -0.2) is 45.8 Å². The molecule has 42 heavy (non-hydrogen) atoms. The molecule has 0 spiro atoms. The van der Waals surface area contributed by atoms with Crippen molar-refractivity contribution in [2.45, 2.75) is 51.1 Å². The largest absolute Gasteiger partial charge is 0.416 e. The quantitative estimate of drug-likeness (QED) is 0.182. The molecule has 0 saturated carbocycles. The first-order valence-electron chi connectivity index (χ1n) is 12.8. The summed E-state index contributed by atoms with van der Waals surface area (Å²) in [4.78, 5) is 15.0. The van der Waals surface area contributed by atoms with Crippen molar-refractivity contribution in [1.29, 1.82) is 0 Å². The third-order valence-corrected chi connectivity index (χ3v) is 6.41. The lowest BCUT2D eigenvalue weighted by atomic mass is 10.1. The van der Waals surface area contributed by atoms with Crippen molar-refractivity contribution in [3.05, 3.63) is 83.8 Å². The minimum atomic E-state index is -4.93. The van der Waals surface area contributed by atoms with Gasteiger partial charge in [-0.05, 0) is 55.2 Å². The third kappa shape index (κ3) is 7.73. The zero-order valence-corrected chi connectivity index (χ0v) is 22.7. The summed E-state index contributed by atoms with van der Waals surface area (Å²) in [5.41, 5.74) is -1.28. The van der Waals surface area contributed by atoms with E-state index in [0.29, 0.717) is 54.1 Å². The average molecular weight is 600 g/mol. The molecular formula is C28H28F7N5O2. The van der Waals surface area contributed by atoms with Gasteiger partial charge in [-0.1, -0.05) is 18.7 Å². The highest BCUT2D eigenvalue weighted by molar-refractivity contribution is 5.83. The number of ether oxygens (including phenoxy) is 2. The van der Waals surface area contributed by atoms with E-state index in [1.165, 1.54) is 19.3 Å². The van der Waals surface area contributed by atoms with Gasteiger partial charge in [0.05, 0.1) is 42.6 Å². The molecule has 2 aromatic heterocycles. The third-order valence-electron chi connectivity index (χ3n) is 6.41. The van der Waals surface area contributed by atoms with E-state index < -0.39 is 42.4 Å². The molecule has 14 heteroatoms. The van der Waals surface area contributed by atoms with E-state index in [-0.39, 0.29) is 24.1 Å². The smallest absolute Gasteiger partial charge is 0.374 e. The van der Waals surface area contributed by atoms with Crippen LogP contribution in [0.15, 0.2) is 67.1 Å². The Balaban J connectivity index is 1.39. The molecule has 0 radical (unpaired) electrons. The summed E-state index contributed by atoms with van der Waals surface area (Å²) in [6.45, 7) is 5.22. The fourth-order valence-electron chi connectivity index (χ4n) is 4.50. The zero-order valence-electron chi connectivity index (χ0n) is 22.7. The van der Waals surface area contributed by atoms with Gasteiger partial charge >= 0.3 is 12.4 Å². The standard InChI is InChI=1S/C28H28F7N5O2/c1-17(5-4-6-18(2)29)12-39(3)25-24-26(37-15-36-25)40(16-38-24)23-8-7-22(42-23)14-41-13-19-9-20(27(30,31)32)11-21(10-19)28(33,34)35/h4-6,9-11,15-16,22-23H,1,7-8,12-14H2,2-3H3/b5-4-,18-6+/t22-,23+/m0/s1. The summed E-state index contributed by atoms with van der Waals surface area (Å²) in [5.74, 6) is 0.219. The van der Waals surface area contributed by atoms with Crippen molar-refractivity contribution < 1.29 is 40.2 Å². The van der Waals surface area contributed by atoms with Gasteiger partial charge in [-0.15, -0.1) is 0 Å². The predicted molar refractivity (Wildman–Crippen MR) is 141 cm³/mol. The molecule has 0 amide bonds. The number of allylic oxidation sites excluding steroid dienone is 3. The Morgan fingerprint density at radius 2 is 1.79 bits per heavy atom. The van der Waals surface area contributed by atoms with Crippen molar-refractivity contribution in [2.75, 3.05) is 25.1 Å². The monoisotopic (exact) mass is 599 g/mol. The lowest BCUT2D eigenvalue weighted by Crippen LogP contribution is -2.21. The van der Waals surface area contributed by atoms with Crippen molar-refractivity contribution in [1.82, 2.24) is 19.5 Å². The van der Waals surface area contributed by atoms with Crippen LogP contribution in [0, 0.1) is 0 Å². The maximum Gasteiger partial charge on any atom is 0.416 e. The molecule has 0 N–H and O–H groups in total. The van der Waals surface area contributed by atoms with Gasteiger partial charge in [0.25, 0.3) is 0 Å².